The minimum absolute atomic E-state index is 0.0191. The molecule has 0 unspecified atom stereocenters. The largest absolute Gasteiger partial charge is 0.441 e. The van der Waals surface area contributed by atoms with Gasteiger partial charge in [-0.1, -0.05) is 29.3 Å². The van der Waals surface area contributed by atoms with Gasteiger partial charge in [-0.2, -0.15) is 13.2 Å². The Hall–Kier alpha value is -0.100. The van der Waals surface area contributed by atoms with Crippen LogP contribution in [-0.2, 0) is 6.54 Å². The molecule has 17 heavy (non-hydrogen) atoms. The number of rotatable bonds is 5. The maximum atomic E-state index is 11.8. The van der Waals surface area contributed by atoms with Crippen molar-refractivity contribution < 1.29 is 13.2 Å². The predicted molar refractivity (Wildman–Crippen MR) is 66.7 cm³/mol. The van der Waals surface area contributed by atoms with Crippen LogP contribution >= 0.6 is 35.0 Å². The minimum Gasteiger partial charge on any atom is -0.312 e. The van der Waals surface area contributed by atoms with E-state index in [2.05, 4.69) is 5.32 Å². The van der Waals surface area contributed by atoms with E-state index in [1.165, 1.54) is 0 Å². The second-order valence-electron chi connectivity index (χ2n) is 3.21. The summed E-state index contributed by atoms with van der Waals surface area (Å²) in [5.41, 5.74) is -3.35. The molecule has 1 nitrogen and oxygen atoms in total. The molecule has 7 heteroatoms. The van der Waals surface area contributed by atoms with Gasteiger partial charge in [0, 0.05) is 28.9 Å². The molecule has 1 aromatic carbocycles. The molecule has 0 saturated carbocycles. The normalized spacial score (nSPS) is 11.8. The van der Waals surface area contributed by atoms with E-state index < -0.39 is 5.51 Å². The molecule has 96 valence electrons. The van der Waals surface area contributed by atoms with E-state index in [9.17, 15) is 13.2 Å². The van der Waals surface area contributed by atoms with Gasteiger partial charge in [-0.3, -0.25) is 0 Å². The standard InChI is InChI=1S/C10H10Cl2F3NS/c11-8-2-1-7(9(12)5-8)6-16-3-4-17-10(13,14)15/h1-2,5,16H,3-4,6H2. The van der Waals surface area contributed by atoms with Crippen LogP contribution in [-0.4, -0.2) is 17.8 Å². The van der Waals surface area contributed by atoms with Crippen molar-refractivity contribution in [1.29, 1.82) is 0 Å². The first kappa shape index (κ1) is 15.0. The molecule has 0 spiro atoms. The van der Waals surface area contributed by atoms with Crippen LogP contribution in [0, 0.1) is 0 Å². The lowest BCUT2D eigenvalue weighted by Gasteiger charge is -2.08. The molecule has 0 saturated heterocycles. The highest BCUT2D eigenvalue weighted by Gasteiger charge is 2.27. The van der Waals surface area contributed by atoms with Crippen LogP contribution in [0.3, 0.4) is 0 Å². The second kappa shape index (κ2) is 6.73. The van der Waals surface area contributed by atoms with Gasteiger partial charge in [-0.25, -0.2) is 0 Å². The molecule has 0 amide bonds. The Kier molecular flexibility index (Phi) is 5.92. The van der Waals surface area contributed by atoms with Gasteiger partial charge in [-0.15, -0.1) is 0 Å². The van der Waals surface area contributed by atoms with Crippen LogP contribution in [0.25, 0.3) is 0 Å². The molecule has 0 aliphatic heterocycles. The molecule has 0 atom stereocenters. The van der Waals surface area contributed by atoms with Crippen molar-refractivity contribution in [3.05, 3.63) is 33.8 Å². The average molecular weight is 304 g/mol. The van der Waals surface area contributed by atoms with Gasteiger partial charge < -0.3 is 5.32 Å². The van der Waals surface area contributed by atoms with Crippen molar-refractivity contribution in [3.63, 3.8) is 0 Å². The summed E-state index contributed by atoms with van der Waals surface area (Å²) in [5.74, 6) is -0.0191. The van der Waals surface area contributed by atoms with E-state index in [0.717, 1.165) is 5.56 Å². The smallest absolute Gasteiger partial charge is 0.312 e. The molecule has 0 aromatic heterocycles. The van der Waals surface area contributed by atoms with Crippen LogP contribution in [0.1, 0.15) is 5.56 Å². The Morgan fingerprint density at radius 2 is 1.94 bits per heavy atom. The molecule has 0 aliphatic rings. The molecule has 1 rings (SSSR count). The predicted octanol–water partition coefficient (Wildman–Crippen LogP) is 4.34. The number of nitrogens with one attached hydrogen (secondary N) is 1. The third-order valence-corrected chi connectivity index (χ3v) is 3.20. The Morgan fingerprint density at radius 3 is 2.53 bits per heavy atom. The van der Waals surface area contributed by atoms with Gasteiger partial charge in [-0.05, 0) is 29.5 Å². The topological polar surface area (TPSA) is 12.0 Å². The molecule has 0 heterocycles. The number of halogens is 5. The molecular formula is C10H10Cl2F3NS. The third kappa shape index (κ3) is 6.41. The summed E-state index contributed by atoms with van der Waals surface area (Å²) >= 11 is 11.6. The molecule has 0 fully saturated rings. The molecule has 1 N–H and O–H groups in total. The summed E-state index contributed by atoms with van der Waals surface area (Å²) in [7, 11) is 0. The van der Waals surface area contributed by atoms with Crippen molar-refractivity contribution in [3.8, 4) is 0 Å². The summed E-state index contributed by atoms with van der Waals surface area (Å²) in [6.45, 7) is 0.692. The number of hydrogen-bond acceptors (Lipinski definition) is 2. The monoisotopic (exact) mass is 303 g/mol. The number of thioether (sulfide) groups is 1. The zero-order valence-corrected chi connectivity index (χ0v) is 11.0. The first-order valence-corrected chi connectivity index (χ1v) is 6.48. The summed E-state index contributed by atoms with van der Waals surface area (Å²) in [5, 5.41) is 3.93. The summed E-state index contributed by atoms with van der Waals surface area (Å²) in [6.07, 6.45) is 0. The maximum absolute atomic E-state index is 11.8. The maximum Gasteiger partial charge on any atom is 0.441 e. The number of benzene rings is 1. The highest BCUT2D eigenvalue weighted by atomic mass is 35.5. The van der Waals surface area contributed by atoms with E-state index in [-0.39, 0.29) is 24.1 Å². The van der Waals surface area contributed by atoms with Crippen LogP contribution in [0.15, 0.2) is 18.2 Å². The Bertz CT molecular complexity index is 371. The fourth-order valence-electron chi connectivity index (χ4n) is 1.13. The highest BCUT2D eigenvalue weighted by molar-refractivity contribution is 8.00. The lowest BCUT2D eigenvalue weighted by atomic mass is 10.2. The molecule has 1 aromatic rings. The fraction of sp³-hybridized carbons (Fsp3) is 0.400. The Balaban J connectivity index is 2.27. The summed E-state index contributed by atoms with van der Waals surface area (Å²) in [4.78, 5) is 0. The van der Waals surface area contributed by atoms with Gasteiger partial charge in [0.05, 0.1) is 0 Å². The van der Waals surface area contributed by atoms with E-state index >= 15 is 0 Å². The Morgan fingerprint density at radius 1 is 1.24 bits per heavy atom. The van der Waals surface area contributed by atoms with Crippen molar-refractivity contribution >= 4 is 35.0 Å². The van der Waals surface area contributed by atoms with Gasteiger partial charge >= 0.3 is 5.51 Å². The van der Waals surface area contributed by atoms with Crippen molar-refractivity contribution in [1.82, 2.24) is 5.32 Å². The van der Waals surface area contributed by atoms with Crippen molar-refractivity contribution in [2.75, 3.05) is 12.3 Å². The first-order valence-electron chi connectivity index (χ1n) is 4.74. The van der Waals surface area contributed by atoms with Gasteiger partial charge in [0.2, 0.25) is 0 Å². The van der Waals surface area contributed by atoms with Crippen LogP contribution < -0.4 is 5.32 Å². The molecule has 0 bridgehead atoms. The average Bonchev–Trinajstić information content (AvgIpc) is 2.18. The van der Waals surface area contributed by atoms with Crippen LogP contribution in [0.2, 0.25) is 10.0 Å². The molecule has 0 aliphatic carbocycles. The summed E-state index contributed by atoms with van der Waals surface area (Å²) in [6, 6.07) is 5.04. The summed E-state index contributed by atoms with van der Waals surface area (Å²) < 4.78 is 35.4. The van der Waals surface area contributed by atoms with E-state index in [1.807, 2.05) is 0 Å². The highest BCUT2D eigenvalue weighted by Crippen LogP contribution is 2.29. The SMILES string of the molecule is FC(F)(F)SCCNCc1ccc(Cl)cc1Cl. The third-order valence-electron chi connectivity index (χ3n) is 1.88. The van der Waals surface area contributed by atoms with E-state index in [4.69, 9.17) is 23.2 Å². The quantitative estimate of drug-likeness (QED) is 0.812. The zero-order chi connectivity index (χ0) is 12.9. The second-order valence-corrected chi connectivity index (χ2v) is 5.21. The van der Waals surface area contributed by atoms with Gasteiger partial charge in [0.1, 0.15) is 0 Å². The van der Waals surface area contributed by atoms with Gasteiger partial charge in [0.15, 0.2) is 0 Å². The van der Waals surface area contributed by atoms with Gasteiger partial charge in [0.25, 0.3) is 0 Å². The van der Waals surface area contributed by atoms with E-state index in [0.29, 0.717) is 16.6 Å². The first-order chi connectivity index (χ1) is 7.88. The fourth-order valence-corrected chi connectivity index (χ4v) is 2.08. The number of alkyl halides is 3. The molecule has 0 radical (unpaired) electrons. The van der Waals surface area contributed by atoms with Crippen LogP contribution in [0.4, 0.5) is 13.2 Å². The Labute approximate surface area is 112 Å². The van der Waals surface area contributed by atoms with Crippen molar-refractivity contribution in [2.24, 2.45) is 0 Å². The van der Waals surface area contributed by atoms with Crippen molar-refractivity contribution in [2.45, 2.75) is 12.1 Å². The van der Waals surface area contributed by atoms with Crippen LogP contribution in [0.5, 0.6) is 0 Å². The lowest BCUT2D eigenvalue weighted by molar-refractivity contribution is -0.0327. The lowest BCUT2D eigenvalue weighted by Crippen LogP contribution is -2.18. The zero-order valence-electron chi connectivity index (χ0n) is 8.65. The molecular weight excluding hydrogens is 294 g/mol. The minimum atomic E-state index is -4.17. The van der Waals surface area contributed by atoms with E-state index in [1.54, 1.807) is 18.2 Å². The number of hydrogen-bond donors (Lipinski definition) is 1.